The summed E-state index contributed by atoms with van der Waals surface area (Å²) in [6.07, 6.45) is 1.45. The Hall–Kier alpha value is -2.63. The Morgan fingerprint density at radius 2 is 1.94 bits per heavy atom. The number of benzene rings is 1. The summed E-state index contributed by atoms with van der Waals surface area (Å²) >= 11 is 0. The summed E-state index contributed by atoms with van der Waals surface area (Å²) in [5.74, 6) is 0. The van der Waals surface area contributed by atoms with Crippen molar-refractivity contribution >= 4 is 22.2 Å². The molecule has 0 saturated carbocycles. The Morgan fingerprint density at radius 3 is 2.45 bits per heavy atom. The van der Waals surface area contributed by atoms with Gasteiger partial charge < -0.3 is 4.90 Å². The number of alkyl halides is 2. The molecule has 2 atom stereocenters. The summed E-state index contributed by atoms with van der Waals surface area (Å²) in [6, 6.07) is 10.2. The molecular weight excluding hydrogens is 418 g/mol. The molecule has 166 valence electrons. The Labute approximate surface area is 185 Å². The van der Waals surface area contributed by atoms with Crippen LogP contribution in [0.1, 0.15) is 43.6 Å². The molecule has 8 heteroatoms. The van der Waals surface area contributed by atoms with Crippen LogP contribution in [0.2, 0.25) is 0 Å². The van der Waals surface area contributed by atoms with Crippen LogP contribution in [-0.2, 0) is 11.0 Å². The molecule has 1 aromatic heterocycles. The fourth-order valence-corrected chi connectivity index (χ4v) is 4.22. The van der Waals surface area contributed by atoms with E-state index in [4.69, 9.17) is 0 Å². The average Bonchev–Trinajstić information content (AvgIpc) is 2.76. The fourth-order valence-electron chi connectivity index (χ4n) is 3.32. The lowest BCUT2D eigenvalue weighted by atomic mass is 10.00. The number of nitrogens with one attached hydrogen (secondary N) is 1. The van der Waals surface area contributed by atoms with E-state index in [2.05, 4.69) is 41.1 Å². The normalized spacial score (nSPS) is 13.1. The van der Waals surface area contributed by atoms with E-state index in [0.29, 0.717) is 10.5 Å². The van der Waals surface area contributed by atoms with E-state index in [0.717, 1.165) is 22.5 Å². The van der Waals surface area contributed by atoms with Crippen LogP contribution in [0.5, 0.6) is 0 Å². The SMILES string of the molecule is C=C(C#N)c1ccc(C)cc1N(C(C)C)C(C)c1ccc(S(=O)NC(CF)CF)cn1. The summed E-state index contributed by atoms with van der Waals surface area (Å²) in [6.45, 7) is 10.1. The molecule has 1 aromatic carbocycles. The summed E-state index contributed by atoms with van der Waals surface area (Å²) < 4.78 is 40.1. The zero-order valence-electron chi connectivity index (χ0n) is 18.2. The lowest BCUT2D eigenvalue weighted by molar-refractivity contribution is 0.338. The minimum absolute atomic E-state index is 0.0918. The number of hydrogen-bond donors (Lipinski definition) is 1. The van der Waals surface area contributed by atoms with Crippen LogP contribution in [0.25, 0.3) is 5.57 Å². The van der Waals surface area contributed by atoms with Crippen LogP contribution < -0.4 is 9.62 Å². The lowest BCUT2D eigenvalue weighted by Gasteiger charge is -2.36. The summed E-state index contributed by atoms with van der Waals surface area (Å²) in [5, 5.41) is 9.38. The number of hydrogen-bond acceptors (Lipinski definition) is 4. The average molecular weight is 447 g/mol. The first-order valence-corrected chi connectivity index (χ1v) is 11.1. The zero-order chi connectivity index (χ0) is 23.1. The summed E-state index contributed by atoms with van der Waals surface area (Å²) in [5.41, 5.74) is 3.82. The Bertz CT molecular complexity index is 969. The highest BCUT2D eigenvalue weighted by atomic mass is 32.2. The Kier molecular flexibility index (Phi) is 8.84. The summed E-state index contributed by atoms with van der Waals surface area (Å²) in [7, 11) is -1.76. The first kappa shape index (κ1) is 24.6. The molecule has 2 unspecified atom stereocenters. The van der Waals surface area contributed by atoms with Crippen LogP contribution in [0, 0.1) is 18.3 Å². The van der Waals surface area contributed by atoms with Gasteiger partial charge in [0, 0.05) is 23.5 Å². The maximum Gasteiger partial charge on any atom is 0.126 e. The van der Waals surface area contributed by atoms with Crippen molar-refractivity contribution in [3.05, 3.63) is 59.9 Å². The van der Waals surface area contributed by atoms with E-state index in [9.17, 15) is 18.3 Å². The first-order chi connectivity index (χ1) is 14.7. The van der Waals surface area contributed by atoms with Gasteiger partial charge in [0.15, 0.2) is 0 Å². The molecule has 0 aliphatic rings. The largest absolute Gasteiger partial charge is 0.360 e. The minimum atomic E-state index is -1.76. The quantitative estimate of drug-likeness (QED) is 0.531. The van der Waals surface area contributed by atoms with E-state index in [1.807, 2.05) is 32.0 Å². The van der Waals surface area contributed by atoms with E-state index in [1.165, 1.54) is 6.20 Å². The maximum absolute atomic E-state index is 12.7. The van der Waals surface area contributed by atoms with Crippen molar-refractivity contribution < 1.29 is 13.0 Å². The van der Waals surface area contributed by atoms with Crippen molar-refractivity contribution in [1.29, 1.82) is 5.26 Å². The van der Waals surface area contributed by atoms with E-state index < -0.39 is 30.4 Å². The van der Waals surface area contributed by atoms with Crippen LogP contribution in [0.4, 0.5) is 14.5 Å². The van der Waals surface area contributed by atoms with Gasteiger partial charge in [-0.15, -0.1) is 0 Å². The van der Waals surface area contributed by atoms with Gasteiger partial charge in [0.2, 0.25) is 0 Å². The van der Waals surface area contributed by atoms with Crippen molar-refractivity contribution in [2.24, 2.45) is 0 Å². The first-order valence-electron chi connectivity index (χ1n) is 9.97. The van der Waals surface area contributed by atoms with E-state index in [-0.39, 0.29) is 12.1 Å². The fraction of sp³-hybridized carbons (Fsp3) is 0.391. The van der Waals surface area contributed by atoms with Gasteiger partial charge in [-0.25, -0.2) is 17.7 Å². The number of halogens is 2. The van der Waals surface area contributed by atoms with Crippen LogP contribution in [0.3, 0.4) is 0 Å². The molecule has 2 rings (SSSR count). The van der Waals surface area contributed by atoms with Crippen molar-refractivity contribution in [3.63, 3.8) is 0 Å². The second-order valence-electron chi connectivity index (χ2n) is 7.60. The third kappa shape index (κ3) is 5.96. The molecule has 2 aromatic rings. The van der Waals surface area contributed by atoms with Crippen molar-refractivity contribution in [2.75, 3.05) is 18.2 Å². The minimum Gasteiger partial charge on any atom is -0.360 e. The maximum atomic E-state index is 12.7. The lowest BCUT2D eigenvalue weighted by Crippen LogP contribution is -2.35. The number of pyridine rings is 1. The molecule has 1 heterocycles. The molecular formula is C23H28F2N4OS. The molecule has 0 fully saturated rings. The molecule has 0 aliphatic carbocycles. The Balaban J connectivity index is 2.37. The highest BCUT2D eigenvalue weighted by Crippen LogP contribution is 2.34. The molecule has 0 radical (unpaired) electrons. The van der Waals surface area contributed by atoms with Gasteiger partial charge in [-0.2, -0.15) is 5.26 Å². The van der Waals surface area contributed by atoms with Gasteiger partial charge in [-0.05, 0) is 51.5 Å². The van der Waals surface area contributed by atoms with Gasteiger partial charge in [0.1, 0.15) is 24.3 Å². The molecule has 31 heavy (non-hydrogen) atoms. The number of rotatable bonds is 10. The number of nitriles is 1. The predicted octanol–water partition coefficient (Wildman–Crippen LogP) is 4.82. The zero-order valence-corrected chi connectivity index (χ0v) is 19.0. The van der Waals surface area contributed by atoms with E-state index in [1.54, 1.807) is 12.1 Å². The van der Waals surface area contributed by atoms with E-state index >= 15 is 0 Å². The molecule has 0 saturated heterocycles. The third-order valence-corrected chi connectivity index (χ3v) is 6.13. The van der Waals surface area contributed by atoms with Crippen molar-refractivity contribution in [3.8, 4) is 6.07 Å². The molecule has 0 amide bonds. The Morgan fingerprint density at radius 1 is 1.26 bits per heavy atom. The van der Waals surface area contributed by atoms with Crippen LogP contribution in [0.15, 0.2) is 48.0 Å². The molecule has 5 nitrogen and oxygen atoms in total. The van der Waals surface area contributed by atoms with Crippen LogP contribution in [-0.4, -0.2) is 34.6 Å². The van der Waals surface area contributed by atoms with Crippen molar-refractivity contribution in [1.82, 2.24) is 9.71 Å². The van der Waals surface area contributed by atoms with Gasteiger partial charge in [0.25, 0.3) is 0 Å². The molecule has 1 N–H and O–H groups in total. The monoisotopic (exact) mass is 446 g/mol. The van der Waals surface area contributed by atoms with Gasteiger partial charge >= 0.3 is 0 Å². The highest BCUT2D eigenvalue weighted by molar-refractivity contribution is 7.83. The second-order valence-corrected chi connectivity index (χ2v) is 8.84. The second kappa shape index (κ2) is 11.1. The number of aromatic nitrogens is 1. The molecule has 0 aliphatic heterocycles. The van der Waals surface area contributed by atoms with Gasteiger partial charge in [-0.1, -0.05) is 18.7 Å². The molecule has 0 bridgehead atoms. The van der Waals surface area contributed by atoms with Gasteiger partial charge in [0.05, 0.1) is 34.3 Å². The predicted molar refractivity (Wildman–Crippen MR) is 121 cm³/mol. The topological polar surface area (TPSA) is 69.0 Å². The smallest absolute Gasteiger partial charge is 0.126 e. The standard InChI is InChI=1S/C23H28F2N4OS/c1-15(2)29(23-10-16(3)6-8-21(23)17(4)13-26)18(5)22-9-7-20(14-27-22)31(30)28-19(11-24)12-25/h6-10,14-15,18-19,28H,4,11-12H2,1-3,5H3. The van der Waals surface area contributed by atoms with Gasteiger partial charge in [-0.3, -0.25) is 4.98 Å². The number of allylic oxidation sites excluding steroid dienone is 1. The third-order valence-electron chi connectivity index (χ3n) is 4.91. The van der Waals surface area contributed by atoms with Crippen LogP contribution >= 0.6 is 0 Å². The van der Waals surface area contributed by atoms with Crippen molar-refractivity contribution in [2.45, 2.75) is 50.7 Å². The number of anilines is 1. The summed E-state index contributed by atoms with van der Waals surface area (Å²) in [4.78, 5) is 6.95. The molecule has 0 spiro atoms. The number of aryl methyl sites for hydroxylation is 1. The highest BCUT2D eigenvalue weighted by Gasteiger charge is 2.24. The number of nitrogens with zero attached hydrogens (tertiary/aromatic N) is 3.